The van der Waals surface area contributed by atoms with Crippen LogP contribution in [0.2, 0.25) is 0 Å². The third kappa shape index (κ3) is 2.34. The van der Waals surface area contributed by atoms with Gasteiger partial charge in [-0.2, -0.15) is 0 Å². The van der Waals surface area contributed by atoms with Gasteiger partial charge in [-0.25, -0.2) is 0 Å². The number of benzene rings is 2. The first-order valence-electron chi connectivity index (χ1n) is 7.57. The molecule has 0 fully saturated rings. The second-order valence-electron chi connectivity index (χ2n) is 5.53. The molecule has 0 atom stereocenters. The van der Waals surface area contributed by atoms with Gasteiger partial charge in [-0.15, -0.1) is 0 Å². The van der Waals surface area contributed by atoms with Crippen LogP contribution in [0.15, 0.2) is 30.3 Å². The Morgan fingerprint density at radius 3 is 2.22 bits per heavy atom. The van der Waals surface area contributed by atoms with Crippen molar-refractivity contribution in [3.63, 3.8) is 0 Å². The van der Waals surface area contributed by atoms with E-state index >= 15 is 0 Å². The van der Waals surface area contributed by atoms with Gasteiger partial charge in [0.05, 0.1) is 16.8 Å². The van der Waals surface area contributed by atoms with Crippen LogP contribution in [0.3, 0.4) is 0 Å². The molecule has 3 rings (SSSR count). The van der Waals surface area contributed by atoms with Gasteiger partial charge in [0, 0.05) is 23.7 Å². The molecule has 5 heteroatoms. The summed E-state index contributed by atoms with van der Waals surface area (Å²) in [5, 5.41) is 23.6. The molecule has 2 aromatic carbocycles. The number of hydrogen-bond acceptors (Lipinski definition) is 5. The van der Waals surface area contributed by atoms with Crippen LogP contribution in [0, 0.1) is 0 Å². The summed E-state index contributed by atoms with van der Waals surface area (Å²) in [7, 11) is 0. The fourth-order valence-electron chi connectivity index (χ4n) is 2.79. The molecule has 0 spiro atoms. The van der Waals surface area contributed by atoms with E-state index in [9.17, 15) is 19.8 Å². The van der Waals surface area contributed by atoms with Gasteiger partial charge in [-0.3, -0.25) is 9.59 Å². The predicted molar refractivity (Wildman–Crippen MR) is 86.5 cm³/mol. The lowest BCUT2D eigenvalue weighted by molar-refractivity contribution is 0.0974. The summed E-state index contributed by atoms with van der Waals surface area (Å²) in [6.07, 6.45) is 1.85. The Bertz CT molecular complexity index is 811. The van der Waals surface area contributed by atoms with Crippen molar-refractivity contribution in [3.05, 3.63) is 52.6 Å². The fraction of sp³-hybridized carbons (Fsp3) is 0.222. The highest BCUT2D eigenvalue weighted by Gasteiger charge is 2.35. The molecule has 0 unspecified atom stereocenters. The summed E-state index contributed by atoms with van der Waals surface area (Å²) in [6, 6.07) is 7.71. The molecule has 118 valence electrons. The van der Waals surface area contributed by atoms with Crippen LogP contribution in [0.4, 0.5) is 5.69 Å². The maximum Gasteiger partial charge on any atom is 0.198 e. The number of carbonyl (C=O) groups is 2. The molecule has 0 radical (unpaired) electrons. The summed E-state index contributed by atoms with van der Waals surface area (Å²) < 4.78 is 0. The number of anilines is 1. The van der Waals surface area contributed by atoms with E-state index in [2.05, 4.69) is 5.32 Å². The van der Waals surface area contributed by atoms with E-state index in [4.69, 9.17) is 0 Å². The lowest BCUT2D eigenvalue weighted by Gasteiger charge is -2.21. The molecule has 1 aliphatic carbocycles. The summed E-state index contributed by atoms with van der Waals surface area (Å²) in [6.45, 7) is 2.63. The van der Waals surface area contributed by atoms with Gasteiger partial charge in [-0.05, 0) is 6.42 Å². The molecule has 0 aromatic heterocycles. The largest absolute Gasteiger partial charge is 0.507 e. The lowest BCUT2D eigenvalue weighted by atomic mass is 9.82. The van der Waals surface area contributed by atoms with Crippen LogP contribution < -0.4 is 5.32 Å². The number of phenols is 2. The average molecular weight is 311 g/mol. The maximum atomic E-state index is 12.7. The highest BCUT2D eigenvalue weighted by atomic mass is 16.3. The first-order valence-corrected chi connectivity index (χ1v) is 7.57. The summed E-state index contributed by atoms with van der Waals surface area (Å²) in [5.74, 6) is -1.50. The number of carbonyl (C=O) groups excluding carboxylic acids is 2. The van der Waals surface area contributed by atoms with Crippen LogP contribution in [-0.2, 0) is 0 Å². The zero-order chi connectivity index (χ0) is 16.6. The number of rotatable bonds is 4. The average Bonchev–Trinajstić information content (AvgIpc) is 2.55. The van der Waals surface area contributed by atoms with E-state index in [1.54, 1.807) is 24.3 Å². The molecule has 0 heterocycles. The third-order valence-corrected chi connectivity index (χ3v) is 4.00. The Hall–Kier alpha value is -2.82. The Kier molecular flexibility index (Phi) is 3.78. The number of fused-ring (bicyclic) bond motifs is 2. The number of unbranched alkanes of at least 4 members (excludes halogenated alkanes) is 1. The number of nitrogens with one attached hydrogen (secondary N) is 1. The zero-order valence-electron chi connectivity index (χ0n) is 12.7. The van der Waals surface area contributed by atoms with E-state index in [1.807, 2.05) is 6.92 Å². The van der Waals surface area contributed by atoms with Crippen LogP contribution >= 0.6 is 0 Å². The minimum Gasteiger partial charge on any atom is -0.507 e. The van der Waals surface area contributed by atoms with Crippen molar-refractivity contribution in [1.82, 2.24) is 0 Å². The van der Waals surface area contributed by atoms with Crippen LogP contribution in [0.5, 0.6) is 11.5 Å². The molecular weight excluding hydrogens is 294 g/mol. The third-order valence-electron chi connectivity index (χ3n) is 4.00. The van der Waals surface area contributed by atoms with Crippen molar-refractivity contribution in [3.8, 4) is 11.5 Å². The Balaban J connectivity index is 2.15. The molecule has 1 aliphatic rings. The topological polar surface area (TPSA) is 86.6 Å². The number of phenolic OH excluding ortho intramolecular Hbond substituents is 2. The molecular formula is C18H17NO4. The highest BCUT2D eigenvalue weighted by Crippen LogP contribution is 2.42. The van der Waals surface area contributed by atoms with Gasteiger partial charge in [0.1, 0.15) is 5.75 Å². The number of hydrogen-bond donors (Lipinski definition) is 3. The molecule has 3 N–H and O–H groups in total. The monoisotopic (exact) mass is 311 g/mol. The maximum absolute atomic E-state index is 12.7. The second kappa shape index (κ2) is 5.76. The van der Waals surface area contributed by atoms with Gasteiger partial charge in [0.2, 0.25) is 0 Å². The summed E-state index contributed by atoms with van der Waals surface area (Å²) in [5.41, 5.74) is 0.479. The quantitative estimate of drug-likeness (QED) is 0.391. The Labute approximate surface area is 133 Å². The van der Waals surface area contributed by atoms with Crippen molar-refractivity contribution < 1.29 is 19.8 Å². The molecule has 0 bridgehead atoms. The van der Waals surface area contributed by atoms with Crippen molar-refractivity contribution in [2.45, 2.75) is 19.8 Å². The molecule has 0 aliphatic heterocycles. The molecule has 0 saturated carbocycles. The molecule has 0 amide bonds. The lowest BCUT2D eigenvalue weighted by Crippen LogP contribution is -2.21. The van der Waals surface area contributed by atoms with Gasteiger partial charge >= 0.3 is 0 Å². The number of aromatic hydroxyl groups is 2. The molecule has 5 nitrogen and oxygen atoms in total. The van der Waals surface area contributed by atoms with Crippen molar-refractivity contribution in [2.75, 3.05) is 11.9 Å². The van der Waals surface area contributed by atoms with E-state index in [-0.39, 0.29) is 39.4 Å². The predicted octanol–water partition coefficient (Wildman–Crippen LogP) is 3.09. The first kappa shape index (κ1) is 15.1. The minimum absolute atomic E-state index is 0.132. The Morgan fingerprint density at radius 2 is 1.61 bits per heavy atom. The van der Waals surface area contributed by atoms with E-state index < -0.39 is 11.6 Å². The van der Waals surface area contributed by atoms with Gasteiger partial charge in [-0.1, -0.05) is 37.6 Å². The smallest absolute Gasteiger partial charge is 0.198 e. The van der Waals surface area contributed by atoms with Crippen LogP contribution in [0.1, 0.15) is 51.6 Å². The highest BCUT2D eigenvalue weighted by molar-refractivity contribution is 6.30. The normalized spacial score (nSPS) is 12.7. The Morgan fingerprint density at radius 1 is 1.00 bits per heavy atom. The minimum atomic E-state index is -0.456. The molecule has 23 heavy (non-hydrogen) atoms. The van der Waals surface area contributed by atoms with E-state index in [1.165, 1.54) is 6.07 Å². The molecule has 2 aromatic rings. The van der Waals surface area contributed by atoms with Crippen molar-refractivity contribution >= 4 is 17.3 Å². The van der Waals surface area contributed by atoms with E-state index in [0.717, 1.165) is 12.8 Å². The van der Waals surface area contributed by atoms with Crippen molar-refractivity contribution in [2.24, 2.45) is 0 Å². The van der Waals surface area contributed by atoms with E-state index in [0.29, 0.717) is 6.54 Å². The molecule has 0 saturated heterocycles. The van der Waals surface area contributed by atoms with Crippen LogP contribution in [-0.4, -0.2) is 28.3 Å². The second-order valence-corrected chi connectivity index (χ2v) is 5.53. The first-order chi connectivity index (χ1) is 11.1. The van der Waals surface area contributed by atoms with Crippen molar-refractivity contribution in [1.29, 1.82) is 0 Å². The SMILES string of the molecule is CCCCNc1cc(O)c2c(c1O)C(=O)c1ccccc1C2=O. The number of ketones is 2. The standard InChI is InChI=1S/C18H17NO4/c1-2-3-8-19-12-9-13(20)14-15(18(12)23)17(22)11-7-5-4-6-10(11)16(14)21/h4-7,9,19-20,23H,2-3,8H2,1H3. The van der Waals surface area contributed by atoms with Gasteiger partial charge < -0.3 is 15.5 Å². The van der Waals surface area contributed by atoms with Crippen LogP contribution in [0.25, 0.3) is 0 Å². The van der Waals surface area contributed by atoms with Gasteiger partial charge in [0.15, 0.2) is 17.3 Å². The zero-order valence-corrected chi connectivity index (χ0v) is 12.7. The van der Waals surface area contributed by atoms with Gasteiger partial charge in [0.25, 0.3) is 0 Å². The summed E-state index contributed by atoms with van der Waals surface area (Å²) in [4.78, 5) is 25.2. The summed E-state index contributed by atoms with van der Waals surface area (Å²) >= 11 is 0. The fourth-order valence-corrected chi connectivity index (χ4v) is 2.79.